The van der Waals surface area contributed by atoms with Gasteiger partial charge in [0.2, 0.25) is 0 Å². The van der Waals surface area contributed by atoms with Crippen molar-refractivity contribution in [1.29, 1.82) is 0 Å². The Hall–Kier alpha value is -6.83. The summed E-state index contributed by atoms with van der Waals surface area (Å²) in [5, 5.41) is 2.52. The topological polar surface area (TPSA) is 12.4 Å². The van der Waals surface area contributed by atoms with E-state index in [2.05, 4.69) is 214 Å². The Morgan fingerprint density at radius 3 is 1.88 bits per heavy atom. The molecule has 282 valence electrons. The van der Waals surface area contributed by atoms with Crippen LogP contribution in [0.4, 0.5) is 0 Å². The van der Waals surface area contributed by atoms with Crippen molar-refractivity contribution in [2.24, 2.45) is 10.4 Å². The minimum Gasteiger partial charge on any atom is -0.284 e. The Morgan fingerprint density at radius 1 is 0.603 bits per heavy atom. The zero-order chi connectivity index (χ0) is 39.6. The highest BCUT2D eigenvalue weighted by molar-refractivity contribution is 5.89. The molecular formula is C57H49N. The standard InChI is InChI=1S/C57H49N/c1-3-4-5-6-7-13-27-50(46-23-14-9-15-24-46)40-44-32-36-49(37-33-44)55-53-29-19-18-28-52(53)54(56-57(55,2)38-20-39-58-56)48-34-30-45(31-35-48)42-51(47-25-16-10-17-26-47)41-43-21-11-8-12-22-43/h3-12,14-26,28-41,56H,1,13,27,42H2,2H3/b5-4-,7-6-,50-40?,51-41+. The Morgan fingerprint density at radius 2 is 1.19 bits per heavy atom. The molecule has 2 unspecified atom stereocenters. The van der Waals surface area contributed by atoms with E-state index in [0.29, 0.717) is 0 Å². The normalized spacial score (nSPS) is 17.8. The summed E-state index contributed by atoms with van der Waals surface area (Å²) < 4.78 is 0. The monoisotopic (exact) mass is 747 g/mol. The summed E-state index contributed by atoms with van der Waals surface area (Å²) in [5.41, 5.74) is 13.5. The fourth-order valence-electron chi connectivity index (χ4n) is 8.49. The molecule has 58 heavy (non-hydrogen) atoms. The lowest BCUT2D eigenvalue weighted by Gasteiger charge is -2.41. The lowest BCUT2D eigenvalue weighted by atomic mass is 9.65. The SMILES string of the molecule is C=C/C=C\C=C/CCC(=Cc1ccc(C2=c3ccccc3=C(c3ccc(C/C(=C\c4ccccc4)c4ccccc4)cc3)C3N=CC=CC23C)cc1)c1ccccc1. The van der Waals surface area contributed by atoms with Gasteiger partial charge in [-0.1, -0.05) is 219 Å². The molecule has 0 fully saturated rings. The zero-order valence-corrected chi connectivity index (χ0v) is 33.2. The third kappa shape index (κ3) is 8.45. The summed E-state index contributed by atoms with van der Waals surface area (Å²) in [6, 6.07) is 59.3. The van der Waals surface area contributed by atoms with Crippen LogP contribution >= 0.6 is 0 Å². The predicted octanol–water partition coefficient (Wildman–Crippen LogP) is 12.5. The van der Waals surface area contributed by atoms with E-state index in [0.717, 1.165) is 19.3 Å². The number of rotatable bonds is 13. The molecule has 0 saturated heterocycles. The molecule has 1 heteroatoms. The van der Waals surface area contributed by atoms with Crippen LogP contribution in [0.5, 0.6) is 0 Å². The number of hydrogen-bond acceptors (Lipinski definition) is 1. The molecule has 0 bridgehead atoms. The van der Waals surface area contributed by atoms with Gasteiger partial charge in [0.15, 0.2) is 0 Å². The minimum atomic E-state index is -0.338. The summed E-state index contributed by atoms with van der Waals surface area (Å²) in [7, 11) is 0. The number of nitrogens with zero attached hydrogens (tertiary/aromatic N) is 1. The van der Waals surface area contributed by atoms with Crippen LogP contribution in [0.2, 0.25) is 0 Å². The van der Waals surface area contributed by atoms with Crippen LogP contribution in [0.3, 0.4) is 0 Å². The van der Waals surface area contributed by atoms with E-state index in [1.165, 1.54) is 71.7 Å². The van der Waals surface area contributed by atoms with Crippen molar-refractivity contribution in [1.82, 2.24) is 0 Å². The Balaban J connectivity index is 1.16. The van der Waals surface area contributed by atoms with Gasteiger partial charge < -0.3 is 0 Å². The van der Waals surface area contributed by atoms with E-state index in [9.17, 15) is 0 Å². The van der Waals surface area contributed by atoms with Gasteiger partial charge in [-0.25, -0.2) is 0 Å². The fourth-order valence-corrected chi connectivity index (χ4v) is 8.49. The number of benzene rings is 6. The average molecular weight is 748 g/mol. The molecular weight excluding hydrogens is 699 g/mol. The van der Waals surface area contributed by atoms with Crippen molar-refractivity contribution in [2.45, 2.75) is 32.2 Å². The molecule has 6 aromatic carbocycles. The summed E-state index contributed by atoms with van der Waals surface area (Å²) in [5.74, 6) is 0. The molecule has 1 aliphatic carbocycles. The van der Waals surface area contributed by atoms with E-state index < -0.39 is 0 Å². The molecule has 1 heterocycles. The first-order chi connectivity index (χ1) is 28.6. The number of allylic oxidation sites excluding steroid dienone is 8. The van der Waals surface area contributed by atoms with Crippen LogP contribution in [-0.2, 0) is 6.42 Å². The largest absolute Gasteiger partial charge is 0.284 e. The smallest absolute Gasteiger partial charge is 0.0889 e. The molecule has 0 N–H and O–H groups in total. The lowest BCUT2D eigenvalue weighted by Crippen LogP contribution is -2.48. The van der Waals surface area contributed by atoms with E-state index in [1.54, 1.807) is 6.08 Å². The zero-order valence-electron chi connectivity index (χ0n) is 33.2. The molecule has 2 aliphatic rings. The van der Waals surface area contributed by atoms with Gasteiger partial charge in [-0.05, 0) is 104 Å². The minimum absolute atomic E-state index is 0.0651. The second-order valence-electron chi connectivity index (χ2n) is 15.2. The van der Waals surface area contributed by atoms with E-state index in [-0.39, 0.29) is 11.5 Å². The number of hydrogen-bond donors (Lipinski definition) is 0. The Labute approximate surface area is 344 Å². The molecule has 0 amide bonds. The lowest BCUT2D eigenvalue weighted by molar-refractivity contribution is 0.504. The van der Waals surface area contributed by atoms with Gasteiger partial charge in [0, 0.05) is 11.6 Å². The van der Waals surface area contributed by atoms with Gasteiger partial charge in [0.25, 0.3) is 0 Å². The third-order valence-electron chi connectivity index (χ3n) is 11.3. The van der Waals surface area contributed by atoms with Gasteiger partial charge in [-0.3, -0.25) is 4.99 Å². The molecule has 2 atom stereocenters. The van der Waals surface area contributed by atoms with Crippen molar-refractivity contribution in [3.05, 3.63) is 262 Å². The van der Waals surface area contributed by atoms with Crippen LogP contribution in [0.15, 0.2) is 218 Å². The van der Waals surface area contributed by atoms with Crippen LogP contribution in [-0.4, -0.2) is 12.3 Å². The highest BCUT2D eigenvalue weighted by atomic mass is 14.8. The van der Waals surface area contributed by atoms with Crippen molar-refractivity contribution < 1.29 is 0 Å². The van der Waals surface area contributed by atoms with Gasteiger partial charge in [0.1, 0.15) is 0 Å². The average Bonchev–Trinajstić information content (AvgIpc) is 3.27. The highest BCUT2D eigenvalue weighted by Crippen LogP contribution is 2.46. The fraction of sp³-hybridized carbons (Fsp3) is 0.105. The Kier molecular flexibility index (Phi) is 11.8. The summed E-state index contributed by atoms with van der Waals surface area (Å²) in [6.45, 7) is 6.13. The molecule has 0 aromatic heterocycles. The first-order valence-corrected chi connectivity index (χ1v) is 20.4. The first-order valence-electron chi connectivity index (χ1n) is 20.4. The Bertz CT molecular complexity index is 2670. The van der Waals surface area contributed by atoms with Crippen molar-refractivity contribution in [2.75, 3.05) is 0 Å². The van der Waals surface area contributed by atoms with Gasteiger partial charge >= 0.3 is 0 Å². The maximum absolute atomic E-state index is 5.25. The van der Waals surface area contributed by atoms with E-state index in [1.807, 2.05) is 18.4 Å². The molecule has 1 nitrogen and oxygen atoms in total. The van der Waals surface area contributed by atoms with Crippen LogP contribution in [0.25, 0.3) is 34.4 Å². The van der Waals surface area contributed by atoms with E-state index in [4.69, 9.17) is 4.99 Å². The summed E-state index contributed by atoms with van der Waals surface area (Å²) in [6.07, 6.45) is 24.0. The van der Waals surface area contributed by atoms with Crippen molar-refractivity contribution in [3.63, 3.8) is 0 Å². The van der Waals surface area contributed by atoms with Crippen LogP contribution < -0.4 is 10.4 Å². The van der Waals surface area contributed by atoms with E-state index >= 15 is 0 Å². The molecule has 0 spiro atoms. The maximum atomic E-state index is 5.25. The number of fused-ring (bicyclic) bond motifs is 2. The molecule has 1 aliphatic heterocycles. The summed E-state index contributed by atoms with van der Waals surface area (Å²) in [4.78, 5) is 5.25. The molecule has 6 aromatic rings. The quantitative estimate of drug-likeness (QED) is 0.0824. The molecule has 0 radical (unpaired) electrons. The predicted molar refractivity (Wildman–Crippen MR) is 250 cm³/mol. The van der Waals surface area contributed by atoms with Crippen LogP contribution in [0, 0.1) is 5.41 Å². The highest BCUT2D eigenvalue weighted by Gasteiger charge is 2.42. The molecule has 0 saturated carbocycles. The first kappa shape index (κ1) is 38.1. The van der Waals surface area contributed by atoms with Gasteiger partial charge in [0.05, 0.1) is 6.04 Å². The number of aliphatic imine (C=N–C) groups is 1. The van der Waals surface area contributed by atoms with Gasteiger partial charge in [-0.2, -0.15) is 0 Å². The third-order valence-corrected chi connectivity index (χ3v) is 11.3. The summed E-state index contributed by atoms with van der Waals surface area (Å²) >= 11 is 0. The van der Waals surface area contributed by atoms with Crippen LogP contribution in [0.1, 0.15) is 58.7 Å². The second kappa shape index (κ2) is 18.0. The van der Waals surface area contributed by atoms with Crippen molar-refractivity contribution >= 4 is 40.7 Å². The number of dihydropyridines is 1. The second-order valence-corrected chi connectivity index (χ2v) is 15.2. The maximum Gasteiger partial charge on any atom is 0.0889 e. The van der Waals surface area contributed by atoms with Gasteiger partial charge in [-0.15, -0.1) is 0 Å². The molecule has 8 rings (SSSR count). The van der Waals surface area contributed by atoms with Crippen molar-refractivity contribution in [3.8, 4) is 0 Å².